The Morgan fingerprint density at radius 1 is 1.44 bits per heavy atom. The van der Waals surface area contributed by atoms with Crippen molar-refractivity contribution in [3.05, 3.63) is 36.0 Å². The number of nitrogen functional groups attached to an aromatic ring is 1. The maximum absolute atomic E-state index is 8.70. The lowest BCUT2D eigenvalue weighted by Gasteiger charge is -2.05. The maximum Gasteiger partial charge on any atom is 0.374 e. The third kappa shape index (κ3) is 1.71. The third-order valence-corrected chi connectivity index (χ3v) is 2.05. The van der Waals surface area contributed by atoms with Crippen LogP contribution in [0.3, 0.4) is 0 Å². The summed E-state index contributed by atoms with van der Waals surface area (Å²) in [4.78, 5) is 0. The van der Waals surface area contributed by atoms with Crippen molar-refractivity contribution in [2.45, 2.75) is 0 Å². The molecule has 0 atom stereocenters. The van der Waals surface area contributed by atoms with Crippen LogP contribution in [0.2, 0.25) is 0 Å². The lowest BCUT2D eigenvalue weighted by molar-refractivity contribution is 0.615. The third-order valence-electron chi connectivity index (χ3n) is 2.05. The Balaban J connectivity index is 2.50. The number of hydrogen-bond acceptors (Lipinski definition) is 4. The lowest BCUT2D eigenvalue weighted by Crippen LogP contribution is -2.01. The number of anilines is 1. The van der Waals surface area contributed by atoms with E-state index in [0.29, 0.717) is 17.3 Å². The maximum atomic E-state index is 8.70. The molecule has 76 valence electrons. The van der Waals surface area contributed by atoms with Gasteiger partial charge in [-0.2, -0.15) is 10.4 Å². The average Bonchev–Trinajstić information content (AvgIpc) is 2.71. The normalized spacial score (nSPS) is 9.69. The molecule has 0 saturated carbocycles. The minimum Gasteiger partial charge on any atom is -0.568 e. The number of nitriles is 1. The fourth-order valence-electron chi connectivity index (χ4n) is 1.35. The summed E-state index contributed by atoms with van der Waals surface area (Å²) in [5.41, 5.74) is 6.66. The summed E-state index contributed by atoms with van der Waals surface area (Å²) in [6.45, 7) is 0. The van der Waals surface area contributed by atoms with E-state index in [1.165, 1.54) is 10.7 Å². The first-order valence-electron chi connectivity index (χ1n) is 4.47. The van der Waals surface area contributed by atoms with Crippen molar-refractivity contribution in [2.75, 3.05) is 5.73 Å². The second-order valence-electron chi connectivity index (χ2n) is 3.09. The van der Waals surface area contributed by atoms with Crippen molar-refractivity contribution in [3.63, 3.8) is 0 Å². The molecule has 0 bridgehead atoms. The smallest absolute Gasteiger partial charge is 0.374 e. The highest BCUT2D eigenvalue weighted by Crippen LogP contribution is 2.18. The van der Waals surface area contributed by atoms with E-state index < -0.39 is 0 Å². The van der Waals surface area contributed by atoms with Gasteiger partial charge in [-0.3, -0.25) is 0 Å². The number of hydrogen-bond donors (Lipinski definition) is 1. The van der Waals surface area contributed by atoms with Gasteiger partial charge >= 0.3 is 8.05 Å². The van der Waals surface area contributed by atoms with Crippen LogP contribution in [-0.2, 0) is 0 Å². The quantitative estimate of drug-likeness (QED) is 0.743. The van der Waals surface area contributed by atoms with Gasteiger partial charge in [0.25, 0.3) is 0 Å². The van der Waals surface area contributed by atoms with E-state index in [1.54, 1.807) is 24.3 Å². The molecule has 0 aliphatic heterocycles. The molecular weight excluding hydrogens is 203 g/mol. The fourth-order valence-corrected chi connectivity index (χ4v) is 1.35. The standard InChI is InChI=1S/C10H7BN4O/c11-16-9-3-1-2-8(5-9)15-10(13)4-7(6-12)14-15/h1-5H,13H2. The van der Waals surface area contributed by atoms with Gasteiger partial charge in [0.2, 0.25) is 0 Å². The van der Waals surface area contributed by atoms with Crippen LogP contribution >= 0.6 is 0 Å². The van der Waals surface area contributed by atoms with Crippen molar-refractivity contribution in [1.82, 2.24) is 9.78 Å². The molecule has 0 unspecified atom stereocenters. The van der Waals surface area contributed by atoms with Crippen LogP contribution in [0.15, 0.2) is 30.3 Å². The molecule has 6 heteroatoms. The highest BCUT2D eigenvalue weighted by Gasteiger charge is 2.06. The zero-order chi connectivity index (χ0) is 11.5. The average molecular weight is 210 g/mol. The van der Waals surface area contributed by atoms with Crippen LogP contribution in [0.4, 0.5) is 5.82 Å². The van der Waals surface area contributed by atoms with Crippen molar-refractivity contribution < 1.29 is 4.65 Å². The van der Waals surface area contributed by atoms with Gasteiger partial charge in [0.05, 0.1) is 11.4 Å². The number of nitrogens with zero attached hydrogens (tertiary/aromatic N) is 3. The van der Waals surface area contributed by atoms with E-state index in [-0.39, 0.29) is 5.69 Å². The van der Waals surface area contributed by atoms with Crippen LogP contribution in [0, 0.1) is 11.3 Å². The first kappa shape index (κ1) is 10.1. The van der Waals surface area contributed by atoms with Crippen molar-refractivity contribution in [2.24, 2.45) is 0 Å². The topological polar surface area (TPSA) is 76.9 Å². The zero-order valence-electron chi connectivity index (χ0n) is 8.29. The molecule has 0 fully saturated rings. The summed E-state index contributed by atoms with van der Waals surface area (Å²) in [5, 5.41) is 12.7. The van der Waals surface area contributed by atoms with Gasteiger partial charge in [-0.1, -0.05) is 6.07 Å². The second kappa shape index (κ2) is 3.99. The Hall–Kier alpha value is -2.42. The van der Waals surface area contributed by atoms with Crippen LogP contribution in [-0.4, -0.2) is 17.8 Å². The molecule has 2 aromatic rings. The van der Waals surface area contributed by atoms with E-state index >= 15 is 0 Å². The molecule has 0 aliphatic rings. The number of aromatic nitrogens is 2. The second-order valence-corrected chi connectivity index (χ2v) is 3.09. The molecule has 2 rings (SSSR count). The minimum atomic E-state index is 0.261. The van der Waals surface area contributed by atoms with E-state index in [1.807, 2.05) is 6.07 Å². The predicted octanol–water partition coefficient (Wildman–Crippen LogP) is 0.788. The molecule has 1 aromatic carbocycles. The number of benzene rings is 1. The molecule has 5 nitrogen and oxygen atoms in total. The molecule has 1 aromatic heterocycles. The van der Waals surface area contributed by atoms with Crippen LogP contribution in [0.5, 0.6) is 5.75 Å². The Bertz CT molecular complexity index is 558. The van der Waals surface area contributed by atoms with Gasteiger partial charge in [0.15, 0.2) is 5.69 Å². The summed E-state index contributed by atoms with van der Waals surface area (Å²) < 4.78 is 6.05. The number of rotatable bonds is 2. The lowest BCUT2D eigenvalue weighted by atomic mass is 10.3. The van der Waals surface area contributed by atoms with Crippen LogP contribution in [0.25, 0.3) is 5.69 Å². The Morgan fingerprint density at radius 3 is 2.88 bits per heavy atom. The molecule has 2 radical (unpaired) electrons. The molecule has 1 heterocycles. The highest BCUT2D eigenvalue weighted by atomic mass is 16.4. The SMILES string of the molecule is [B]Oc1cccc(-n2nc(C#N)cc2N)c1. The molecule has 2 N–H and O–H groups in total. The van der Waals surface area contributed by atoms with Crippen LogP contribution in [0.1, 0.15) is 5.69 Å². The largest absolute Gasteiger partial charge is 0.568 e. The Labute approximate surface area is 93.5 Å². The summed E-state index contributed by atoms with van der Waals surface area (Å²) in [6, 6.07) is 10.3. The van der Waals surface area contributed by atoms with Gasteiger partial charge < -0.3 is 10.4 Å². The first-order chi connectivity index (χ1) is 7.74. The van der Waals surface area contributed by atoms with Gasteiger partial charge in [0, 0.05) is 12.1 Å². The number of nitrogens with two attached hydrogens (primary N) is 1. The summed E-state index contributed by atoms with van der Waals surface area (Å²) >= 11 is 0. The molecule has 16 heavy (non-hydrogen) atoms. The van der Waals surface area contributed by atoms with E-state index in [4.69, 9.17) is 19.0 Å². The van der Waals surface area contributed by atoms with Crippen molar-refractivity contribution in [3.8, 4) is 17.5 Å². The van der Waals surface area contributed by atoms with E-state index in [0.717, 1.165) is 0 Å². The van der Waals surface area contributed by atoms with Gasteiger partial charge in [-0.05, 0) is 12.1 Å². The zero-order valence-corrected chi connectivity index (χ0v) is 8.29. The first-order valence-corrected chi connectivity index (χ1v) is 4.47. The minimum absolute atomic E-state index is 0.261. The Kier molecular flexibility index (Phi) is 2.52. The van der Waals surface area contributed by atoms with Crippen molar-refractivity contribution >= 4 is 13.9 Å². The molecule has 0 amide bonds. The van der Waals surface area contributed by atoms with E-state index in [2.05, 4.69) is 9.75 Å². The summed E-state index contributed by atoms with van der Waals surface area (Å²) in [5.74, 6) is 0.872. The van der Waals surface area contributed by atoms with Crippen LogP contribution < -0.4 is 10.4 Å². The van der Waals surface area contributed by atoms with Crippen molar-refractivity contribution in [1.29, 1.82) is 5.26 Å². The fraction of sp³-hybridized carbons (Fsp3) is 0. The van der Waals surface area contributed by atoms with E-state index in [9.17, 15) is 0 Å². The monoisotopic (exact) mass is 210 g/mol. The molecule has 0 spiro atoms. The highest BCUT2D eigenvalue weighted by molar-refractivity contribution is 6.00. The molecular formula is C10H7BN4O. The summed E-state index contributed by atoms with van der Waals surface area (Å²) in [7, 11) is 5.05. The summed E-state index contributed by atoms with van der Waals surface area (Å²) in [6.07, 6.45) is 0. The van der Waals surface area contributed by atoms with Gasteiger partial charge in [-0.25, -0.2) is 4.68 Å². The van der Waals surface area contributed by atoms with Gasteiger partial charge in [0.1, 0.15) is 11.9 Å². The Morgan fingerprint density at radius 2 is 2.25 bits per heavy atom. The molecule has 0 saturated heterocycles. The predicted molar refractivity (Wildman–Crippen MR) is 59.1 cm³/mol. The van der Waals surface area contributed by atoms with Gasteiger partial charge in [-0.15, -0.1) is 0 Å². The molecule has 0 aliphatic carbocycles.